The average molecular weight is 394 g/mol. The molecule has 0 amide bonds. The van der Waals surface area contributed by atoms with Crippen molar-refractivity contribution < 1.29 is 5.11 Å². The lowest BCUT2D eigenvalue weighted by molar-refractivity contribution is 0.436. The Morgan fingerprint density at radius 3 is 2.21 bits per heavy atom. The van der Waals surface area contributed by atoms with Gasteiger partial charge in [-0.25, -0.2) is 0 Å². The number of benzene rings is 2. The Morgan fingerprint density at radius 2 is 1.52 bits per heavy atom. The van der Waals surface area contributed by atoms with E-state index in [4.69, 9.17) is 0 Å². The third-order valence-electron chi connectivity index (χ3n) is 5.77. The highest BCUT2D eigenvalue weighted by Crippen LogP contribution is 2.34. The summed E-state index contributed by atoms with van der Waals surface area (Å²) in [5, 5.41) is 19.4. The van der Waals surface area contributed by atoms with Gasteiger partial charge in [0, 0.05) is 0 Å². The molecule has 156 valence electrons. The summed E-state index contributed by atoms with van der Waals surface area (Å²) in [5.74, 6) is 0.938. The van der Waals surface area contributed by atoms with E-state index in [-0.39, 0.29) is 0 Å². The van der Waals surface area contributed by atoms with E-state index in [1.54, 1.807) is 0 Å². The Bertz CT molecular complexity index is 854. The Morgan fingerprint density at radius 1 is 0.862 bits per heavy atom. The molecule has 1 N–H and O–H groups in total. The number of aromatic nitrogens is 3. The van der Waals surface area contributed by atoms with E-state index in [2.05, 4.69) is 30.1 Å². The van der Waals surface area contributed by atoms with Crippen LogP contribution in [-0.4, -0.2) is 20.1 Å². The van der Waals surface area contributed by atoms with Gasteiger partial charge in [0.1, 0.15) is 16.8 Å². The lowest BCUT2D eigenvalue weighted by Crippen LogP contribution is -2.03. The fourth-order valence-corrected chi connectivity index (χ4v) is 4.10. The van der Waals surface area contributed by atoms with Gasteiger partial charge in [-0.3, -0.25) is 0 Å². The zero-order valence-corrected chi connectivity index (χ0v) is 18.0. The van der Waals surface area contributed by atoms with E-state index in [9.17, 15) is 5.11 Å². The van der Waals surface area contributed by atoms with E-state index < -0.39 is 0 Å². The molecule has 1 aromatic heterocycles. The van der Waals surface area contributed by atoms with Gasteiger partial charge < -0.3 is 5.11 Å². The topological polar surface area (TPSA) is 50.9 Å². The lowest BCUT2D eigenvalue weighted by atomic mass is 9.87. The Balaban J connectivity index is 1.44. The Labute approximate surface area is 175 Å². The molecule has 4 heteroatoms. The van der Waals surface area contributed by atoms with Crippen LogP contribution in [0.1, 0.15) is 81.8 Å². The van der Waals surface area contributed by atoms with E-state index in [0.29, 0.717) is 11.7 Å². The summed E-state index contributed by atoms with van der Waals surface area (Å²) in [7, 11) is 0. The third kappa shape index (κ3) is 6.31. The predicted molar refractivity (Wildman–Crippen MR) is 120 cm³/mol. The largest absolute Gasteiger partial charge is 0.508 e. The summed E-state index contributed by atoms with van der Waals surface area (Å²) in [5.41, 5.74) is 4.33. The minimum Gasteiger partial charge on any atom is -0.508 e. The zero-order valence-electron chi connectivity index (χ0n) is 18.0. The quantitative estimate of drug-likeness (QED) is 0.346. The third-order valence-corrected chi connectivity index (χ3v) is 5.77. The summed E-state index contributed by atoms with van der Waals surface area (Å²) in [6.07, 6.45) is 10.8. The lowest BCUT2D eigenvalue weighted by Gasteiger charge is -2.19. The highest BCUT2D eigenvalue weighted by Gasteiger charge is 2.15. The number of nitrogens with zero attached hydrogens (tertiary/aromatic N) is 3. The van der Waals surface area contributed by atoms with Gasteiger partial charge in [-0.2, -0.15) is 15.0 Å². The molecule has 0 spiro atoms. The first-order valence-electron chi connectivity index (χ1n) is 11.3. The molecule has 0 saturated heterocycles. The standard InChI is InChI=1S/C25H35N3O/c1-3-4-7-12-21(22-19-20(2)16-17-25(22)29)13-8-5-6-11-18-28-26-23-14-9-10-15-24(23)27-28/h9-10,14-17,19,21,29H,3-8,11-13,18H2,1-2H3. The molecule has 0 saturated carbocycles. The zero-order chi connectivity index (χ0) is 20.5. The van der Waals surface area contributed by atoms with Gasteiger partial charge in [0.2, 0.25) is 0 Å². The highest BCUT2D eigenvalue weighted by molar-refractivity contribution is 5.72. The second kappa shape index (κ2) is 11.0. The first-order chi connectivity index (χ1) is 14.2. The number of rotatable bonds is 12. The van der Waals surface area contributed by atoms with Crippen molar-refractivity contribution in [3.8, 4) is 5.75 Å². The van der Waals surface area contributed by atoms with Crippen LogP contribution < -0.4 is 0 Å². The molecule has 0 aliphatic carbocycles. The van der Waals surface area contributed by atoms with Crippen LogP contribution >= 0.6 is 0 Å². The second-order valence-corrected chi connectivity index (χ2v) is 8.24. The van der Waals surface area contributed by atoms with Crippen LogP contribution in [0.5, 0.6) is 5.75 Å². The van der Waals surface area contributed by atoms with Crippen molar-refractivity contribution in [1.29, 1.82) is 0 Å². The van der Waals surface area contributed by atoms with E-state index >= 15 is 0 Å². The minimum absolute atomic E-state index is 0.467. The van der Waals surface area contributed by atoms with Gasteiger partial charge in [0.25, 0.3) is 0 Å². The van der Waals surface area contributed by atoms with Crippen molar-refractivity contribution in [1.82, 2.24) is 15.0 Å². The van der Waals surface area contributed by atoms with Crippen molar-refractivity contribution >= 4 is 11.0 Å². The molecule has 0 bridgehead atoms. The molecule has 0 aliphatic rings. The molecule has 3 aromatic rings. The molecule has 1 atom stereocenters. The van der Waals surface area contributed by atoms with E-state index in [1.165, 1.54) is 50.5 Å². The number of hydrogen-bond acceptors (Lipinski definition) is 3. The molecule has 4 nitrogen and oxygen atoms in total. The SMILES string of the molecule is CCCCCC(CCCCCCn1nc2ccccc2n1)c1cc(C)ccc1O. The van der Waals surface area contributed by atoms with Crippen LogP contribution in [-0.2, 0) is 6.54 Å². The molecule has 3 rings (SSSR count). The van der Waals surface area contributed by atoms with Crippen molar-refractivity contribution in [2.75, 3.05) is 0 Å². The summed E-state index contributed by atoms with van der Waals surface area (Å²) in [6, 6.07) is 14.1. The maximum absolute atomic E-state index is 10.4. The Hall–Kier alpha value is -2.36. The van der Waals surface area contributed by atoms with Crippen molar-refractivity contribution in [2.24, 2.45) is 0 Å². The Kier molecular flexibility index (Phi) is 8.09. The smallest absolute Gasteiger partial charge is 0.119 e. The summed E-state index contributed by atoms with van der Waals surface area (Å²) < 4.78 is 0. The van der Waals surface area contributed by atoms with Crippen LogP contribution in [0.4, 0.5) is 0 Å². The van der Waals surface area contributed by atoms with Gasteiger partial charge in [-0.15, -0.1) is 0 Å². The van der Waals surface area contributed by atoms with Crippen molar-refractivity contribution in [2.45, 2.75) is 84.1 Å². The van der Waals surface area contributed by atoms with Gasteiger partial charge in [0.05, 0.1) is 6.54 Å². The van der Waals surface area contributed by atoms with Crippen LogP contribution in [0.25, 0.3) is 11.0 Å². The fraction of sp³-hybridized carbons (Fsp3) is 0.520. The second-order valence-electron chi connectivity index (χ2n) is 8.24. The molecule has 1 unspecified atom stereocenters. The fourth-order valence-electron chi connectivity index (χ4n) is 4.10. The number of hydrogen-bond donors (Lipinski definition) is 1. The first kappa shape index (κ1) is 21.4. The maximum atomic E-state index is 10.4. The molecular weight excluding hydrogens is 358 g/mol. The number of phenols is 1. The number of unbranched alkanes of at least 4 members (excludes halogenated alkanes) is 5. The number of aryl methyl sites for hydroxylation is 2. The molecule has 0 fully saturated rings. The van der Waals surface area contributed by atoms with Crippen LogP contribution in [0, 0.1) is 6.92 Å². The minimum atomic E-state index is 0.467. The summed E-state index contributed by atoms with van der Waals surface area (Å²) in [6.45, 7) is 5.24. The molecule has 29 heavy (non-hydrogen) atoms. The van der Waals surface area contributed by atoms with Gasteiger partial charge in [-0.1, -0.05) is 75.3 Å². The molecule has 1 heterocycles. The van der Waals surface area contributed by atoms with Crippen molar-refractivity contribution in [3.05, 3.63) is 53.6 Å². The normalized spacial score (nSPS) is 12.5. The summed E-state index contributed by atoms with van der Waals surface area (Å²) in [4.78, 5) is 1.84. The monoisotopic (exact) mass is 393 g/mol. The van der Waals surface area contributed by atoms with Crippen LogP contribution in [0.3, 0.4) is 0 Å². The van der Waals surface area contributed by atoms with Crippen LogP contribution in [0.15, 0.2) is 42.5 Å². The molecule has 2 aromatic carbocycles. The van der Waals surface area contributed by atoms with Gasteiger partial charge >= 0.3 is 0 Å². The van der Waals surface area contributed by atoms with Crippen LogP contribution in [0.2, 0.25) is 0 Å². The number of phenolic OH excluding ortho intramolecular Hbond substituents is 1. The predicted octanol–water partition coefficient (Wildman–Crippen LogP) is 6.76. The number of fused-ring (bicyclic) bond motifs is 1. The molecular formula is C25H35N3O. The molecule has 0 aliphatic heterocycles. The number of aromatic hydroxyl groups is 1. The van der Waals surface area contributed by atoms with E-state index in [0.717, 1.165) is 36.0 Å². The first-order valence-corrected chi connectivity index (χ1v) is 11.3. The van der Waals surface area contributed by atoms with Gasteiger partial charge in [0.15, 0.2) is 0 Å². The highest BCUT2D eigenvalue weighted by atomic mass is 16.3. The van der Waals surface area contributed by atoms with E-state index in [1.807, 2.05) is 41.2 Å². The average Bonchev–Trinajstić information content (AvgIpc) is 3.14. The molecule has 0 radical (unpaired) electrons. The van der Waals surface area contributed by atoms with Crippen molar-refractivity contribution in [3.63, 3.8) is 0 Å². The summed E-state index contributed by atoms with van der Waals surface area (Å²) >= 11 is 0. The maximum Gasteiger partial charge on any atom is 0.119 e. The van der Waals surface area contributed by atoms with Gasteiger partial charge in [-0.05, 0) is 55.9 Å².